The van der Waals surface area contributed by atoms with Gasteiger partial charge < -0.3 is 5.73 Å². The van der Waals surface area contributed by atoms with Crippen molar-refractivity contribution in [2.24, 2.45) is 16.6 Å². The standard InChI is InChI=1S/C11H23N3/c1-9(2)11(12)13-8-10(3)14-6-4-5-7-14/h9-10H,4-8H2,1-3H3,(H2,12,13). The van der Waals surface area contributed by atoms with E-state index in [0.29, 0.717) is 12.0 Å². The number of nitrogens with zero attached hydrogens (tertiary/aromatic N) is 2. The average molecular weight is 197 g/mol. The Balaban J connectivity index is 2.32. The van der Waals surface area contributed by atoms with Crippen molar-refractivity contribution in [3.8, 4) is 0 Å². The van der Waals surface area contributed by atoms with Gasteiger partial charge in [0.25, 0.3) is 0 Å². The predicted molar refractivity (Wildman–Crippen MR) is 61.6 cm³/mol. The average Bonchev–Trinajstić information content (AvgIpc) is 2.66. The molecule has 1 unspecified atom stereocenters. The molecule has 1 aliphatic heterocycles. The fraction of sp³-hybridized carbons (Fsp3) is 0.909. The van der Waals surface area contributed by atoms with Crippen LogP contribution in [0.3, 0.4) is 0 Å². The van der Waals surface area contributed by atoms with Gasteiger partial charge in [-0.2, -0.15) is 0 Å². The van der Waals surface area contributed by atoms with Gasteiger partial charge in [-0.3, -0.25) is 9.89 Å². The number of aliphatic imine (C=N–C) groups is 1. The number of amidine groups is 1. The van der Waals surface area contributed by atoms with Crippen LogP contribution in [-0.4, -0.2) is 36.4 Å². The minimum atomic E-state index is 0.376. The molecule has 3 nitrogen and oxygen atoms in total. The molecule has 3 heteroatoms. The highest BCUT2D eigenvalue weighted by Crippen LogP contribution is 2.11. The fourth-order valence-corrected chi connectivity index (χ4v) is 1.72. The summed E-state index contributed by atoms with van der Waals surface area (Å²) in [7, 11) is 0. The van der Waals surface area contributed by atoms with E-state index in [4.69, 9.17) is 5.73 Å². The van der Waals surface area contributed by atoms with E-state index >= 15 is 0 Å². The molecule has 14 heavy (non-hydrogen) atoms. The van der Waals surface area contributed by atoms with Gasteiger partial charge in [-0.05, 0) is 32.9 Å². The normalized spacial score (nSPS) is 21.9. The van der Waals surface area contributed by atoms with Gasteiger partial charge in [0, 0.05) is 12.0 Å². The molecule has 1 saturated heterocycles. The van der Waals surface area contributed by atoms with Gasteiger partial charge in [0.15, 0.2) is 0 Å². The second-order valence-corrected chi connectivity index (χ2v) is 4.51. The Kier molecular flexibility index (Phi) is 4.39. The van der Waals surface area contributed by atoms with Gasteiger partial charge in [-0.25, -0.2) is 0 Å². The van der Waals surface area contributed by atoms with Gasteiger partial charge >= 0.3 is 0 Å². The molecule has 1 fully saturated rings. The molecule has 1 atom stereocenters. The van der Waals surface area contributed by atoms with Crippen LogP contribution in [0.25, 0.3) is 0 Å². The Morgan fingerprint density at radius 1 is 1.29 bits per heavy atom. The number of nitrogens with two attached hydrogens (primary N) is 1. The molecule has 0 aliphatic carbocycles. The first kappa shape index (κ1) is 11.5. The molecule has 0 saturated carbocycles. The van der Waals surface area contributed by atoms with Crippen LogP contribution < -0.4 is 5.73 Å². The number of hydrogen-bond acceptors (Lipinski definition) is 2. The van der Waals surface area contributed by atoms with Crippen LogP contribution in [0.15, 0.2) is 4.99 Å². The monoisotopic (exact) mass is 197 g/mol. The van der Waals surface area contributed by atoms with Crippen molar-refractivity contribution in [3.63, 3.8) is 0 Å². The summed E-state index contributed by atoms with van der Waals surface area (Å²) in [5.41, 5.74) is 5.79. The summed E-state index contributed by atoms with van der Waals surface area (Å²) >= 11 is 0. The lowest BCUT2D eigenvalue weighted by Crippen LogP contribution is -2.33. The highest BCUT2D eigenvalue weighted by molar-refractivity contribution is 5.82. The smallest absolute Gasteiger partial charge is 0.0963 e. The summed E-state index contributed by atoms with van der Waals surface area (Å²) in [6, 6.07) is 0.551. The minimum Gasteiger partial charge on any atom is -0.387 e. The van der Waals surface area contributed by atoms with Gasteiger partial charge in [0.2, 0.25) is 0 Å². The van der Waals surface area contributed by atoms with Crippen LogP contribution in [0.4, 0.5) is 0 Å². The molecule has 1 rings (SSSR count). The van der Waals surface area contributed by atoms with E-state index in [1.165, 1.54) is 25.9 Å². The largest absolute Gasteiger partial charge is 0.387 e. The van der Waals surface area contributed by atoms with Crippen LogP contribution in [0, 0.1) is 5.92 Å². The SMILES string of the molecule is CC(C)C(N)=NCC(C)N1CCCC1. The maximum Gasteiger partial charge on any atom is 0.0963 e. The summed E-state index contributed by atoms with van der Waals surface area (Å²) < 4.78 is 0. The molecule has 0 radical (unpaired) electrons. The maximum absolute atomic E-state index is 5.79. The van der Waals surface area contributed by atoms with E-state index in [9.17, 15) is 0 Å². The molecule has 0 aromatic rings. The Bertz CT molecular complexity index is 193. The fourth-order valence-electron chi connectivity index (χ4n) is 1.72. The molecule has 0 aromatic heterocycles. The Hall–Kier alpha value is -0.570. The van der Waals surface area contributed by atoms with Gasteiger partial charge in [0.05, 0.1) is 12.4 Å². The third kappa shape index (κ3) is 3.29. The number of likely N-dealkylation sites (tertiary alicyclic amines) is 1. The number of hydrogen-bond donors (Lipinski definition) is 1. The number of rotatable bonds is 4. The molecule has 2 N–H and O–H groups in total. The Morgan fingerprint density at radius 2 is 1.86 bits per heavy atom. The van der Waals surface area contributed by atoms with E-state index in [-0.39, 0.29) is 0 Å². The molecule has 0 bridgehead atoms. The van der Waals surface area contributed by atoms with Crippen molar-refractivity contribution in [2.75, 3.05) is 19.6 Å². The summed E-state index contributed by atoms with van der Waals surface area (Å²) in [6.07, 6.45) is 2.68. The lowest BCUT2D eigenvalue weighted by atomic mass is 10.2. The van der Waals surface area contributed by atoms with Crippen molar-refractivity contribution in [2.45, 2.75) is 39.7 Å². The quantitative estimate of drug-likeness (QED) is 0.548. The van der Waals surface area contributed by atoms with Crippen molar-refractivity contribution < 1.29 is 0 Å². The molecule has 0 amide bonds. The van der Waals surface area contributed by atoms with Crippen molar-refractivity contribution in [1.82, 2.24) is 4.90 Å². The van der Waals surface area contributed by atoms with E-state index in [2.05, 4.69) is 30.7 Å². The lowest BCUT2D eigenvalue weighted by molar-refractivity contribution is 0.265. The molecule has 0 spiro atoms. The van der Waals surface area contributed by atoms with Crippen molar-refractivity contribution >= 4 is 5.84 Å². The van der Waals surface area contributed by atoms with E-state index in [1.54, 1.807) is 0 Å². The lowest BCUT2D eigenvalue weighted by Gasteiger charge is -2.22. The topological polar surface area (TPSA) is 41.6 Å². The van der Waals surface area contributed by atoms with Crippen LogP contribution in [0.2, 0.25) is 0 Å². The highest BCUT2D eigenvalue weighted by Gasteiger charge is 2.17. The van der Waals surface area contributed by atoms with Crippen molar-refractivity contribution in [3.05, 3.63) is 0 Å². The van der Waals surface area contributed by atoms with Crippen LogP contribution in [-0.2, 0) is 0 Å². The van der Waals surface area contributed by atoms with Crippen LogP contribution >= 0.6 is 0 Å². The zero-order valence-corrected chi connectivity index (χ0v) is 9.66. The van der Waals surface area contributed by atoms with Crippen LogP contribution in [0.5, 0.6) is 0 Å². The molecule has 82 valence electrons. The predicted octanol–water partition coefficient (Wildman–Crippen LogP) is 1.48. The first-order chi connectivity index (χ1) is 6.61. The first-order valence-corrected chi connectivity index (χ1v) is 5.65. The highest BCUT2D eigenvalue weighted by atomic mass is 15.2. The Labute approximate surface area is 87.4 Å². The molecule has 1 aliphatic rings. The summed E-state index contributed by atoms with van der Waals surface area (Å²) in [4.78, 5) is 6.92. The zero-order chi connectivity index (χ0) is 10.6. The van der Waals surface area contributed by atoms with E-state index < -0.39 is 0 Å². The second-order valence-electron chi connectivity index (χ2n) is 4.51. The second kappa shape index (κ2) is 5.35. The summed E-state index contributed by atoms with van der Waals surface area (Å²) in [5.74, 6) is 1.16. The first-order valence-electron chi connectivity index (χ1n) is 5.65. The molecule has 1 heterocycles. The zero-order valence-electron chi connectivity index (χ0n) is 9.66. The van der Waals surface area contributed by atoms with Gasteiger partial charge in [-0.15, -0.1) is 0 Å². The van der Waals surface area contributed by atoms with E-state index in [1.807, 2.05) is 0 Å². The molecular formula is C11H23N3. The van der Waals surface area contributed by atoms with Crippen molar-refractivity contribution in [1.29, 1.82) is 0 Å². The summed E-state index contributed by atoms with van der Waals surface area (Å²) in [6.45, 7) is 9.72. The molecular weight excluding hydrogens is 174 g/mol. The maximum atomic E-state index is 5.79. The third-order valence-corrected chi connectivity index (χ3v) is 2.89. The summed E-state index contributed by atoms with van der Waals surface area (Å²) in [5, 5.41) is 0. The van der Waals surface area contributed by atoms with E-state index in [0.717, 1.165) is 12.4 Å². The third-order valence-electron chi connectivity index (χ3n) is 2.89. The minimum absolute atomic E-state index is 0.376. The van der Waals surface area contributed by atoms with Gasteiger partial charge in [0.1, 0.15) is 0 Å². The Morgan fingerprint density at radius 3 is 2.36 bits per heavy atom. The molecule has 0 aromatic carbocycles. The van der Waals surface area contributed by atoms with Gasteiger partial charge in [-0.1, -0.05) is 13.8 Å². The van der Waals surface area contributed by atoms with Crippen LogP contribution in [0.1, 0.15) is 33.6 Å².